The lowest BCUT2D eigenvalue weighted by Crippen LogP contribution is -1.89. The Morgan fingerprint density at radius 1 is 0.806 bits per heavy atom. The molecule has 7 nitrogen and oxygen atoms in total. The molecule has 0 radical (unpaired) electrons. The highest BCUT2D eigenvalue weighted by molar-refractivity contribution is 5.99. The molecule has 0 spiro atoms. The smallest absolute Gasteiger partial charge is 0.135 e. The number of pyridine rings is 2. The third-order valence-corrected chi connectivity index (χ3v) is 5.13. The number of hydrogen-bond acceptors (Lipinski definition) is 5. The number of fused-ring (bicyclic) bond motifs is 2. The molecule has 0 saturated heterocycles. The first-order chi connectivity index (χ1) is 15.3. The number of nitrogens with zero attached hydrogens (tertiary/aromatic N) is 5. The van der Waals surface area contributed by atoms with Crippen LogP contribution in [0.2, 0.25) is 0 Å². The Hall–Kier alpha value is -4.46. The van der Waals surface area contributed by atoms with Crippen LogP contribution >= 0.6 is 0 Å². The predicted octanol–water partition coefficient (Wildman–Crippen LogP) is 4.76. The summed E-state index contributed by atoms with van der Waals surface area (Å²) >= 11 is 0. The number of benzene rings is 1. The maximum Gasteiger partial charge on any atom is 0.135 e. The number of hydrogen-bond donors (Lipinski definition) is 2. The summed E-state index contributed by atoms with van der Waals surface area (Å²) in [6.45, 7) is 0. The van der Waals surface area contributed by atoms with E-state index in [-0.39, 0.29) is 5.82 Å². The first-order valence-corrected chi connectivity index (χ1v) is 9.62. The Morgan fingerprint density at radius 3 is 2.65 bits per heavy atom. The predicted molar refractivity (Wildman–Crippen MR) is 115 cm³/mol. The van der Waals surface area contributed by atoms with Crippen molar-refractivity contribution < 1.29 is 4.39 Å². The summed E-state index contributed by atoms with van der Waals surface area (Å²) in [7, 11) is 0. The van der Waals surface area contributed by atoms with Gasteiger partial charge in [0.2, 0.25) is 0 Å². The Kier molecular flexibility index (Phi) is 3.82. The normalized spacial score (nSPS) is 11.4. The zero-order chi connectivity index (χ0) is 20.8. The quantitative estimate of drug-likeness (QED) is 0.441. The van der Waals surface area contributed by atoms with E-state index in [2.05, 4.69) is 30.1 Å². The van der Waals surface area contributed by atoms with Crippen molar-refractivity contribution in [1.29, 1.82) is 0 Å². The van der Waals surface area contributed by atoms with E-state index < -0.39 is 0 Å². The van der Waals surface area contributed by atoms with Gasteiger partial charge in [0.15, 0.2) is 0 Å². The number of aromatic amines is 2. The zero-order valence-electron chi connectivity index (χ0n) is 16.0. The van der Waals surface area contributed by atoms with Crippen LogP contribution in [0.1, 0.15) is 0 Å². The van der Waals surface area contributed by atoms with Gasteiger partial charge < -0.3 is 4.98 Å². The van der Waals surface area contributed by atoms with E-state index in [0.29, 0.717) is 28.3 Å². The minimum atomic E-state index is -0.300. The van der Waals surface area contributed by atoms with Gasteiger partial charge in [-0.3, -0.25) is 20.1 Å². The van der Waals surface area contributed by atoms with Crippen molar-refractivity contribution in [2.75, 3.05) is 0 Å². The molecule has 0 aliphatic heterocycles. The molecule has 0 aliphatic carbocycles. The number of H-pyrrole nitrogens is 2. The van der Waals surface area contributed by atoms with Gasteiger partial charge in [-0.2, -0.15) is 5.10 Å². The second-order valence-electron chi connectivity index (χ2n) is 7.07. The molecule has 1 aromatic carbocycles. The van der Waals surface area contributed by atoms with E-state index in [4.69, 9.17) is 4.98 Å². The average molecular weight is 407 g/mol. The van der Waals surface area contributed by atoms with Crippen LogP contribution in [0.4, 0.5) is 4.39 Å². The first kappa shape index (κ1) is 17.4. The third kappa shape index (κ3) is 2.93. The Morgan fingerprint density at radius 2 is 1.77 bits per heavy atom. The van der Waals surface area contributed by atoms with E-state index in [1.165, 1.54) is 12.1 Å². The molecule has 0 atom stereocenters. The monoisotopic (exact) mass is 407 g/mol. The van der Waals surface area contributed by atoms with Gasteiger partial charge in [0, 0.05) is 35.1 Å². The molecule has 5 aromatic heterocycles. The fourth-order valence-corrected chi connectivity index (χ4v) is 3.71. The molecule has 0 amide bonds. The SMILES string of the molecule is Fc1cccc(-c2nccc3[nH]c(-c4n[nH]c5ccc(-c6cnccn6)nc45)cc23)c1. The van der Waals surface area contributed by atoms with Gasteiger partial charge in [0.05, 0.1) is 28.8 Å². The second kappa shape index (κ2) is 6.81. The molecule has 0 saturated carbocycles. The fraction of sp³-hybridized carbons (Fsp3) is 0. The van der Waals surface area contributed by atoms with Crippen LogP contribution in [0.5, 0.6) is 0 Å². The summed E-state index contributed by atoms with van der Waals surface area (Å²) in [6, 6.07) is 14.1. The molecule has 5 heterocycles. The average Bonchev–Trinajstić information content (AvgIpc) is 3.43. The minimum Gasteiger partial charge on any atom is -0.353 e. The number of halogens is 1. The van der Waals surface area contributed by atoms with Crippen molar-refractivity contribution in [3.63, 3.8) is 0 Å². The largest absolute Gasteiger partial charge is 0.353 e. The molecule has 0 bridgehead atoms. The van der Waals surface area contributed by atoms with E-state index in [1.54, 1.807) is 30.9 Å². The highest BCUT2D eigenvalue weighted by atomic mass is 19.1. The molecule has 148 valence electrons. The Bertz CT molecular complexity index is 1550. The lowest BCUT2D eigenvalue weighted by atomic mass is 10.1. The van der Waals surface area contributed by atoms with Crippen molar-refractivity contribution in [3.05, 3.63) is 79.1 Å². The zero-order valence-corrected chi connectivity index (χ0v) is 16.0. The number of aromatic nitrogens is 7. The highest BCUT2D eigenvalue weighted by Crippen LogP contribution is 2.33. The van der Waals surface area contributed by atoms with Gasteiger partial charge in [-0.25, -0.2) is 9.37 Å². The molecule has 31 heavy (non-hydrogen) atoms. The summed E-state index contributed by atoms with van der Waals surface area (Å²) in [5, 5.41) is 8.39. The van der Waals surface area contributed by atoms with Gasteiger partial charge in [0.25, 0.3) is 0 Å². The number of nitrogens with one attached hydrogen (secondary N) is 2. The maximum atomic E-state index is 13.8. The minimum absolute atomic E-state index is 0.300. The third-order valence-electron chi connectivity index (χ3n) is 5.13. The highest BCUT2D eigenvalue weighted by Gasteiger charge is 2.16. The number of rotatable bonds is 3. The van der Waals surface area contributed by atoms with Crippen molar-refractivity contribution in [2.24, 2.45) is 0 Å². The van der Waals surface area contributed by atoms with E-state index in [9.17, 15) is 4.39 Å². The fourth-order valence-electron chi connectivity index (χ4n) is 3.71. The van der Waals surface area contributed by atoms with Crippen LogP contribution in [0, 0.1) is 5.82 Å². The molecule has 2 N–H and O–H groups in total. The van der Waals surface area contributed by atoms with Crippen LogP contribution in [0.3, 0.4) is 0 Å². The summed E-state index contributed by atoms with van der Waals surface area (Å²) in [4.78, 5) is 21.1. The molecular formula is C23H14FN7. The van der Waals surface area contributed by atoms with Crippen molar-refractivity contribution >= 4 is 21.9 Å². The topological polar surface area (TPSA) is 96.0 Å². The van der Waals surface area contributed by atoms with Gasteiger partial charge >= 0.3 is 0 Å². The molecule has 0 aliphatic rings. The van der Waals surface area contributed by atoms with Gasteiger partial charge in [-0.15, -0.1) is 0 Å². The maximum absolute atomic E-state index is 13.8. The van der Waals surface area contributed by atoms with Crippen molar-refractivity contribution in [3.8, 4) is 34.0 Å². The standard InChI is InChI=1S/C23H14FN7/c24-14-3-1-2-13(10-14)21-15-11-19(28-16(15)6-7-27-21)23-22-18(30-31-23)5-4-17(29-22)20-12-25-8-9-26-20/h1-12,28H,(H,30,31). The molecule has 6 aromatic rings. The summed E-state index contributed by atoms with van der Waals surface area (Å²) in [6.07, 6.45) is 6.64. The van der Waals surface area contributed by atoms with Gasteiger partial charge in [0.1, 0.15) is 22.7 Å². The van der Waals surface area contributed by atoms with Crippen molar-refractivity contribution in [2.45, 2.75) is 0 Å². The molecule has 6 rings (SSSR count). The van der Waals surface area contributed by atoms with Crippen LogP contribution in [0.15, 0.2) is 73.3 Å². The lowest BCUT2D eigenvalue weighted by Gasteiger charge is -2.02. The van der Waals surface area contributed by atoms with Crippen LogP contribution in [-0.2, 0) is 0 Å². The van der Waals surface area contributed by atoms with Crippen LogP contribution in [0.25, 0.3) is 56.0 Å². The molecule has 0 unspecified atom stereocenters. The second-order valence-corrected chi connectivity index (χ2v) is 7.07. The molecule has 8 heteroatoms. The van der Waals surface area contributed by atoms with Crippen LogP contribution < -0.4 is 0 Å². The van der Waals surface area contributed by atoms with Gasteiger partial charge in [-0.05, 0) is 36.4 Å². The molecule has 0 fully saturated rings. The van der Waals surface area contributed by atoms with E-state index in [0.717, 1.165) is 27.6 Å². The Labute approximate surface area is 175 Å². The summed E-state index contributed by atoms with van der Waals surface area (Å²) in [5.74, 6) is -0.300. The molecular weight excluding hydrogens is 393 g/mol. The lowest BCUT2D eigenvalue weighted by molar-refractivity contribution is 0.628. The first-order valence-electron chi connectivity index (χ1n) is 9.62. The summed E-state index contributed by atoms with van der Waals surface area (Å²) < 4.78 is 13.8. The van der Waals surface area contributed by atoms with Crippen molar-refractivity contribution in [1.82, 2.24) is 35.1 Å². The van der Waals surface area contributed by atoms with E-state index >= 15 is 0 Å². The van der Waals surface area contributed by atoms with E-state index in [1.807, 2.05) is 30.3 Å². The summed E-state index contributed by atoms with van der Waals surface area (Å²) in [5.41, 5.74) is 6.69. The van der Waals surface area contributed by atoms with Gasteiger partial charge in [-0.1, -0.05) is 12.1 Å². The Balaban J connectivity index is 1.52. The van der Waals surface area contributed by atoms with Crippen LogP contribution in [-0.4, -0.2) is 35.1 Å².